The van der Waals surface area contributed by atoms with Crippen molar-refractivity contribution >= 4 is 11.6 Å². The lowest BCUT2D eigenvalue weighted by atomic mass is 9.94. The van der Waals surface area contributed by atoms with Crippen LogP contribution in [0, 0.1) is 5.92 Å². The van der Waals surface area contributed by atoms with Crippen LogP contribution in [-0.2, 0) is 4.79 Å². The van der Waals surface area contributed by atoms with Gasteiger partial charge in [0.2, 0.25) is 5.91 Å². The molecule has 3 heteroatoms. The maximum Gasteiger partial charge on any atom is 0.241 e. The van der Waals surface area contributed by atoms with Crippen molar-refractivity contribution in [3.63, 3.8) is 0 Å². The van der Waals surface area contributed by atoms with Crippen molar-refractivity contribution in [1.29, 1.82) is 0 Å². The van der Waals surface area contributed by atoms with Gasteiger partial charge in [0.05, 0.1) is 6.04 Å². The Morgan fingerprint density at radius 2 is 1.65 bits per heavy atom. The van der Waals surface area contributed by atoms with Crippen molar-refractivity contribution in [1.82, 2.24) is 0 Å². The zero-order valence-corrected chi connectivity index (χ0v) is 13.5. The largest absolute Gasteiger partial charge is 0.324 e. The third-order valence-corrected chi connectivity index (χ3v) is 3.64. The summed E-state index contributed by atoms with van der Waals surface area (Å²) in [6.45, 7) is 12.5. The molecule has 20 heavy (non-hydrogen) atoms. The summed E-state index contributed by atoms with van der Waals surface area (Å²) in [5, 5.41) is 2.98. The molecule has 0 radical (unpaired) electrons. The van der Waals surface area contributed by atoms with Gasteiger partial charge in [-0.2, -0.15) is 0 Å². The molecule has 3 N–H and O–H groups in total. The van der Waals surface area contributed by atoms with Crippen LogP contribution in [-0.4, -0.2) is 11.9 Å². The number of nitrogens with one attached hydrogen (secondary N) is 1. The minimum absolute atomic E-state index is 0.112. The van der Waals surface area contributed by atoms with E-state index in [0.717, 1.165) is 5.69 Å². The Labute approximate surface area is 122 Å². The van der Waals surface area contributed by atoms with Crippen LogP contribution in [0.4, 0.5) is 5.69 Å². The van der Waals surface area contributed by atoms with Gasteiger partial charge in [-0.25, -0.2) is 0 Å². The highest BCUT2D eigenvalue weighted by atomic mass is 16.2. The van der Waals surface area contributed by atoms with Crippen molar-refractivity contribution in [2.24, 2.45) is 11.7 Å². The van der Waals surface area contributed by atoms with Crippen LogP contribution in [0.25, 0.3) is 0 Å². The maximum atomic E-state index is 12.1. The van der Waals surface area contributed by atoms with E-state index in [1.807, 2.05) is 19.9 Å². The number of nitrogens with two attached hydrogens (primary N) is 1. The molecule has 0 saturated carbocycles. The second kappa shape index (κ2) is 6.89. The number of amides is 1. The van der Waals surface area contributed by atoms with Gasteiger partial charge >= 0.3 is 0 Å². The fourth-order valence-electron chi connectivity index (χ4n) is 2.05. The molecule has 3 nitrogen and oxygen atoms in total. The Morgan fingerprint density at radius 3 is 2.10 bits per heavy atom. The molecule has 1 unspecified atom stereocenters. The summed E-state index contributed by atoms with van der Waals surface area (Å²) in [5.41, 5.74) is 9.24. The smallest absolute Gasteiger partial charge is 0.241 e. The number of anilines is 1. The molecular formula is C17H28N2O. The van der Waals surface area contributed by atoms with Crippen LogP contribution in [0.3, 0.4) is 0 Å². The Kier molecular flexibility index (Phi) is 5.75. The first kappa shape index (κ1) is 16.7. The lowest BCUT2D eigenvalue weighted by Gasteiger charge is -2.20. The minimum atomic E-state index is -0.472. The molecule has 112 valence electrons. The number of benzene rings is 1. The van der Waals surface area contributed by atoms with Gasteiger partial charge in [0.25, 0.3) is 0 Å². The Balaban J connectivity index is 3.03. The van der Waals surface area contributed by atoms with E-state index >= 15 is 0 Å². The summed E-state index contributed by atoms with van der Waals surface area (Å²) in [4.78, 5) is 12.1. The molecule has 1 aromatic carbocycles. The average Bonchev–Trinajstić information content (AvgIpc) is 2.37. The predicted molar refractivity (Wildman–Crippen MR) is 86.1 cm³/mol. The highest BCUT2D eigenvalue weighted by Crippen LogP contribution is 2.28. The maximum absolute atomic E-state index is 12.1. The molecule has 0 aliphatic heterocycles. The summed E-state index contributed by atoms with van der Waals surface area (Å²) in [5.74, 6) is 0.862. The molecule has 0 saturated heterocycles. The van der Waals surface area contributed by atoms with E-state index in [2.05, 4.69) is 45.1 Å². The molecular weight excluding hydrogens is 248 g/mol. The molecule has 1 rings (SSSR count). The quantitative estimate of drug-likeness (QED) is 0.858. The van der Waals surface area contributed by atoms with Gasteiger partial charge in [-0.3, -0.25) is 4.79 Å². The van der Waals surface area contributed by atoms with Gasteiger partial charge in [0.15, 0.2) is 0 Å². The lowest BCUT2D eigenvalue weighted by Crippen LogP contribution is -2.40. The van der Waals surface area contributed by atoms with Crippen LogP contribution in [0.5, 0.6) is 0 Å². The van der Waals surface area contributed by atoms with Gasteiger partial charge in [-0.05, 0) is 34.9 Å². The van der Waals surface area contributed by atoms with Crippen molar-refractivity contribution in [2.45, 2.75) is 59.4 Å². The predicted octanol–water partition coefficient (Wildman–Crippen LogP) is 3.86. The van der Waals surface area contributed by atoms with E-state index in [0.29, 0.717) is 11.8 Å². The minimum Gasteiger partial charge on any atom is -0.324 e. The average molecular weight is 276 g/mol. The molecule has 0 aromatic heterocycles. The van der Waals surface area contributed by atoms with Crippen molar-refractivity contribution in [3.05, 3.63) is 29.3 Å². The van der Waals surface area contributed by atoms with Crippen LogP contribution in [0.1, 0.15) is 64.5 Å². The molecule has 1 aromatic rings. The first-order chi connectivity index (χ1) is 9.23. The third kappa shape index (κ3) is 4.07. The molecule has 0 aliphatic carbocycles. The topological polar surface area (TPSA) is 55.1 Å². The zero-order chi connectivity index (χ0) is 15.4. The van der Waals surface area contributed by atoms with E-state index in [9.17, 15) is 4.79 Å². The standard InChI is InChI=1S/C17H28N2O/c1-10(2)13-7-8-15(14(9-13)11(3)4)19-17(20)16(18)12(5)6/h7-12,16H,18H2,1-6H3,(H,19,20). The SMILES string of the molecule is CC(C)c1ccc(NC(=O)C(N)C(C)C)c(C(C)C)c1. The first-order valence-electron chi connectivity index (χ1n) is 7.44. The molecule has 0 aliphatic rings. The van der Waals surface area contributed by atoms with Crippen LogP contribution in [0.2, 0.25) is 0 Å². The number of carbonyl (C=O) groups is 1. The van der Waals surface area contributed by atoms with Gasteiger partial charge in [0, 0.05) is 5.69 Å². The summed E-state index contributed by atoms with van der Waals surface area (Å²) < 4.78 is 0. The van der Waals surface area contributed by atoms with Crippen molar-refractivity contribution < 1.29 is 4.79 Å². The lowest BCUT2D eigenvalue weighted by molar-refractivity contribution is -0.118. The van der Waals surface area contributed by atoms with Gasteiger partial charge in [-0.15, -0.1) is 0 Å². The fourth-order valence-corrected chi connectivity index (χ4v) is 2.05. The second-order valence-electron chi connectivity index (χ2n) is 6.42. The molecule has 0 fully saturated rings. The van der Waals surface area contributed by atoms with E-state index in [1.165, 1.54) is 11.1 Å². The second-order valence-corrected chi connectivity index (χ2v) is 6.42. The van der Waals surface area contributed by atoms with E-state index in [-0.39, 0.29) is 11.8 Å². The van der Waals surface area contributed by atoms with Gasteiger partial charge < -0.3 is 11.1 Å². The van der Waals surface area contributed by atoms with Gasteiger partial charge in [0.1, 0.15) is 0 Å². The van der Waals surface area contributed by atoms with Crippen molar-refractivity contribution in [2.75, 3.05) is 5.32 Å². The van der Waals surface area contributed by atoms with E-state index < -0.39 is 6.04 Å². The molecule has 0 bridgehead atoms. The molecule has 1 atom stereocenters. The highest BCUT2D eigenvalue weighted by Gasteiger charge is 2.19. The van der Waals surface area contributed by atoms with Crippen LogP contribution >= 0.6 is 0 Å². The summed E-state index contributed by atoms with van der Waals surface area (Å²) in [6.07, 6.45) is 0. The first-order valence-corrected chi connectivity index (χ1v) is 7.44. The summed E-state index contributed by atoms with van der Waals surface area (Å²) in [7, 11) is 0. The summed E-state index contributed by atoms with van der Waals surface area (Å²) in [6, 6.07) is 5.79. The van der Waals surface area contributed by atoms with E-state index in [4.69, 9.17) is 5.73 Å². The molecule has 0 spiro atoms. The fraction of sp³-hybridized carbons (Fsp3) is 0.588. The number of rotatable bonds is 5. The Bertz CT molecular complexity index is 464. The Hall–Kier alpha value is -1.35. The summed E-state index contributed by atoms with van der Waals surface area (Å²) >= 11 is 0. The number of carbonyl (C=O) groups excluding carboxylic acids is 1. The van der Waals surface area contributed by atoms with Gasteiger partial charge in [-0.1, -0.05) is 53.7 Å². The third-order valence-electron chi connectivity index (χ3n) is 3.64. The molecule has 0 heterocycles. The highest BCUT2D eigenvalue weighted by molar-refractivity contribution is 5.95. The van der Waals surface area contributed by atoms with Crippen LogP contribution < -0.4 is 11.1 Å². The van der Waals surface area contributed by atoms with Crippen LogP contribution in [0.15, 0.2) is 18.2 Å². The normalized spacial score (nSPS) is 13.1. The number of hydrogen-bond acceptors (Lipinski definition) is 2. The number of hydrogen-bond donors (Lipinski definition) is 2. The Morgan fingerprint density at radius 1 is 1.05 bits per heavy atom. The van der Waals surface area contributed by atoms with E-state index in [1.54, 1.807) is 0 Å². The monoisotopic (exact) mass is 276 g/mol. The van der Waals surface area contributed by atoms with Crippen molar-refractivity contribution in [3.8, 4) is 0 Å². The zero-order valence-electron chi connectivity index (χ0n) is 13.5. The molecule has 1 amide bonds.